The number of rotatable bonds is 5. The summed E-state index contributed by atoms with van der Waals surface area (Å²) in [5.74, 6) is 1.12. The largest absolute Gasteiger partial charge is 0.416 e. The van der Waals surface area contributed by atoms with E-state index in [0.29, 0.717) is 35.0 Å². The second-order valence-corrected chi connectivity index (χ2v) is 6.99. The lowest BCUT2D eigenvalue weighted by molar-refractivity contribution is -0.137. The van der Waals surface area contributed by atoms with Crippen LogP contribution in [0.4, 0.5) is 24.9 Å². The number of nitrogens with zero attached hydrogens (tertiary/aromatic N) is 5. The number of halogens is 3. The smallest absolute Gasteiger partial charge is 0.394 e. The molecule has 144 valence electrons. The van der Waals surface area contributed by atoms with Crippen molar-refractivity contribution < 1.29 is 13.2 Å². The summed E-state index contributed by atoms with van der Waals surface area (Å²) >= 11 is 0. The third-order valence-electron chi connectivity index (χ3n) is 4.89. The molecule has 1 atom stereocenters. The lowest BCUT2D eigenvalue weighted by atomic mass is 10.1. The first-order valence-corrected chi connectivity index (χ1v) is 8.88. The fourth-order valence-electron chi connectivity index (χ4n) is 3.16. The van der Waals surface area contributed by atoms with E-state index < -0.39 is 11.7 Å². The maximum Gasteiger partial charge on any atom is 0.416 e. The summed E-state index contributed by atoms with van der Waals surface area (Å²) in [5.41, 5.74) is 1.04. The molecule has 0 amide bonds. The van der Waals surface area contributed by atoms with Crippen molar-refractivity contribution in [3.05, 3.63) is 53.1 Å². The molecule has 0 spiro atoms. The van der Waals surface area contributed by atoms with Crippen LogP contribution >= 0.6 is 0 Å². The van der Waals surface area contributed by atoms with Crippen molar-refractivity contribution in [2.75, 3.05) is 5.32 Å². The molecule has 1 N–H and O–H groups in total. The van der Waals surface area contributed by atoms with E-state index in [2.05, 4.69) is 32.0 Å². The minimum atomic E-state index is -4.36. The van der Waals surface area contributed by atoms with Crippen LogP contribution in [0.15, 0.2) is 30.6 Å². The molecule has 0 radical (unpaired) electrons. The van der Waals surface area contributed by atoms with E-state index in [1.54, 1.807) is 10.9 Å². The molecule has 0 unspecified atom stereocenters. The zero-order chi connectivity index (χ0) is 19.9. The van der Waals surface area contributed by atoms with Crippen LogP contribution in [0.3, 0.4) is 0 Å². The SMILES string of the molecule is [C-]#[N+]c1nc(N[C@H](C)C2CC2)c2c(ncn2Cc2ccc(C(F)(F)F)cc2)n1. The van der Waals surface area contributed by atoms with Crippen molar-refractivity contribution in [1.82, 2.24) is 19.5 Å². The number of imidazole rings is 1. The maximum absolute atomic E-state index is 12.8. The second-order valence-electron chi connectivity index (χ2n) is 6.99. The third-order valence-corrected chi connectivity index (χ3v) is 4.89. The molecule has 1 aliphatic carbocycles. The summed E-state index contributed by atoms with van der Waals surface area (Å²) in [5, 5.41) is 3.36. The van der Waals surface area contributed by atoms with Gasteiger partial charge in [0.15, 0.2) is 5.52 Å². The Balaban J connectivity index is 1.68. The molecule has 1 saturated carbocycles. The summed E-state index contributed by atoms with van der Waals surface area (Å²) in [4.78, 5) is 16.0. The number of anilines is 1. The summed E-state index contributed by atoms with van der Waals surface area (Å²) < 4.78 is 40.1. The van der Waals surface area contributed by atoms with Crippen LogP contribution in [0.1, 0.15) is 30.9 Å². The predicted molar refractivity (Wildman–Crippen MR) is 97.9 cm³/mol. The van der Waals surface area contributed by atoms with E-state index in [-0.39, 0.29) is 12.0 Å². The third kappa shape index (κ3) is 3.63. The Morgan fingerprint density at radius 2 is 1.96 bits per heavy atom. The van der Waals surface area contributed by atoms with E-state index in [0.717, 1.165) is 25.0 Å². The molecular formula is C19H17F3N6. The Morgan fingerprint density at radius 1 is 1.25 bits per heavy atom. The lowest BCUT2D eigenvalue weighted by Crippen LogP contribution is -2.19. The number of hydrogen-bond acceptors (Lipinski definition) is 4. The quantitative estimate of drug-likeness (QED) is 0.648. The summed E-state index contributed by atoms with van der Waals surface area (Å²) in [6.07, 6.45) is -0.482. The van der Waals surface area contributed by atoms with Crippen molar-refractivity contribution >= 4 is 22.9 Å². The van der Waals surface area contributed by atoms with Crippen LogP contribution in [0.25, 0.3) is 16.0 Å². The Labute approximate surface area is 159 Å². The Kier molecular flexibility index (Phi) is 4.41. The molecule has 6 nitrogen and oxygen atoms in total. The highest BCUT2D eigenvalue weighted by Crippen LogP contribution is 2.35. The number of hydrogen-bond donors (Lipinski definition) is 1. The molecule has 0 bridgehead atoms. The van der Waals surface area contributed by atoms with Crippen LogP contribution in [0.2, 0.25) is 0 Å². The molecule has 2 heterocycles. The van der Waals surface area contributed by atoms with Gasteiger partial charge in [-0.2, -0.15) is 13.2 Å². The highest BCUT2D eigenvalue weighted by atomic mass is 19.4. The van der Waals surface area contributed by atoms with Crippen LogP contribution < -0.4 is 5.32 Å². The Morgan fingerprint density at radius 3 is 2.57 bits per heavy atom. The first-order chi connectivity index (χ1) is 13.3. The molecule has 1 aromatic carbocycles. The van der Waals surface area contributed by atoms with Crippen molar-refractivity contribution in [1.29, 1.82) is 0 Å². The normalized spacial score (nSPS) is 15.4. The Bertz CT molecular complexity index is 1040. The van der Waals surface area contributed by atoms with Gasteiger partial charge in [-0.3, -0.25) is 0 Å². The molecule has 0 aliphatic heterocycles. The first kappa shape index (κ1) is 18.2. The molecule has 1 aliphatic rings. The van der Waals surface area contributed by atoms with Crippen LogP contribution in [-0.4, -0.2) is 25.6 Å². The van der Waals surface area contributed by atoms with E-state index in [9.17, 15) is 13.2 Å². The van der Waals surface area contributed by atoms with Gasteiger partial charge in [-0.1, -0.05) is 12.1 Å². The molecular weight excluding hydrogens is 369 g/mol. The minimum Gasteiger partial charge on any atom is -0.394 e. The van der Waals surface area contributed by atoms with Crippen molar-refractivity contribution in [3.8, 4) is 0 Å². The number of nitrogens with one attached hydrogen (secondary N) is 1. The van der Waals surface area contributed by atoms with E-state index in [1.165, 1.54) is 12.1 Å². The van der Waals surface area contributed by atoms with Gasteiger partial charge in [0.25, 0.3) is 0 Å². The second kappa shape index (κ2) is 6.78. The van der Waals surface area contributed by atoms with Gasteiger partial charge in [0, 0.05) is 12.6 Å². The molecule has 1 fully saturated rings. The highest BCUT2D eigenvalue weighted by Gasteiger charge is 2.31. The van der Waals surface area contributed by atoms with Gasteiger partial charge >= 0.3 is 12.1 Å². The van der Waals surface area contributed by atoms with E-state index in [1.807, 2.05) is 0 Å². The van der Waals surface area contributed by atoms with Gasteiger partial charge in [-0.25, -0.2) is 4.98 Å². The fraction of sp³-hybridized carbons (Fsp3) is 0.368. The molecule has 9 heteroatoms. The predicted octanol–water partition coefficient (Wildman–Crippen LogP) is 4.65. The summed E-state index contributed by atoms with van der Waals surface area (Å²) in [6.45, 7) is 9.59. The average molecular weight is 386 g/mol. The monoisotopic (exact) mass is 386 g/mol. The van der Waals surface area contributed by atoms with Crippen molar-refractivity contribution in [2.24, 2.45) is 5.92 Å². The van der Waals surface area contributed by atoms with Crippen molar-refractivity contribution in [2.45, 2.75) is 38.5 Å². The first-order valence-electron chi connectivity index (χ1n) is 8.88. The van der Waals surface area contributed by atoms with Gasteiger partial charge in [-0.15, -0.1) is 16.5 Å². The zero-order valence-corrected chi connectivity index (χ0v) is 15.0. The topological polar surface area (TPSA) is 60.0 Å². The van der Waals surface area contributed by atoms with Crippen molar-refractivity contribution in [3.63, 3.8) is 0 Å². The van der Waals surface area contributed by atoms with E-state index in [4.69, 9.17) is 6.57 Å². The van der Waals surface area contributed by atoms with Gasteiger partial charge in [-0.05, 0) is 43.4 Å². The standard InChI is InChI=1S/C19H17F3N6/c1-11(13-5-6-13)25-17-15-16(26-18(23-2)27-17)24-10-28(15)9-12-3-7-14(8-4-12)19(20,21)22/h3-4,7-8,10-11,13H,5-6,9H2,1H3,(H,25,26,27)/t11-/m1/s1. The lowest BCUT2D eigenvalue weighted by Gasteiger charge is -2.14. The molecule has 3 aromatic rings. The van der Waals surface area contributed by atoms with Crippen LogP contribution in [-0.2, 0) is 12.7 Å². The Hall–Kier alpha value is -3.15. The van der Waals surface area contributed by atoms with Crippen LogP contribution in [0.5, 0.6) is 0 Å². The summed E-state index contributed by atoms with van der Waals surface area (Å²) in [7, 11) is 0. The molecule has 0 saturated heterocycles. The van der Waals surface area contributed by atoms with Crippen LogP contribution in [0, 0.1) is 12.5 Å². The zero-order valence-electron chi connectivity index (χ0n) is 15.0. The maximum atomic E-state index is 12.8. The van der Waals surface area contributed by atoms with Gasteiger partial charge in [0.2, 0.25) is 11.5 Å². The highest BCUT2D eigenvalue weighted by molar-refractivity contribution is 5.85. The fourth-order valence-corrected chi connectivity index (χ4v) is 3.16. The van der Waals surface area contributed by atoms with Gasteiger partial charge in [0.05, 0.1) is 11.9 Å². The van der Waals surface area contributed by atoms with E-state index >= 15 is 0 Å². The number of benzene rings is 1. The van der Waals surface area contributed by atoms with Gasteiger partial charge in [0.1, 0.15) is 0 Å². The minimum absolute atomic E-state index is 0.0118. The van der Waals surface area contributed by atoms with Gasteiger partial charge < -0.3 is 14.7 Å². The molecule has 4 rings (SSSR count). The number of aromatic nitrogens is 4. The number of alkyl halides is 3. The molecule has 2 aromatic heterocycles. The average Bonchev–Trinajstić information content (AvgIpc) is 3.43. The summed E-state index contributed by atoms with van der Waals surface area (Å²) in [6, 6.07) is 5.23. The molecule has 28 heavy (non-hydrogen) atoms. The number of fused-ring (bicyclic) bond motifs is 1.